The second-order valence-corrected chi connectivity index (χ2v) is 7.67. The van der Waals surface area contributed by atoms with E-state index in [9.17, 15) is 13.2 Å². The van der Waals surface area contributed by atoms with E-state index in [0.29, 0.717) is 37.5 Å². The van der Waals surface area contributed by atoms with Gasteiger partial charge in [0.1, 0.15) is 10.9 Å². The topological polar surface area (TPSA) is 82.1 Å². The molecule has 0 aromatic heterocycles. The summed E-state index contributed by atoms with van der Waals surface area (Å²) in [7, 11) is -0.0467. The van der Waals surface area contributed by atoms with Gasteiger partial charge in [0.2, 0.25) is 5.91 Å². The Morgan fingerprint density at radius 3 is 2.84 bits per heavy atom. The van der Waals surface area contributed by atoms with Gasteiger partial charge in [0, 0.05) is 32.2 Å². The van der Waals surface area contributed by atoms with E-state index in [1.807, 2.05) is 11.9 Å². The average molecular weight is 387 g/mol. The summed E-state index contributed by atoms with van der Waals surface area (Å²) in [4.78, 5) is 16.5. The number of amidine groups is 1. The summed E-state index contributed by atoms with van der Waals surface area (Å²) in [6.45, 7) is 1.97. The summed E-state index contributed by atoms with van der Waals surface area (Å²) >= 11 is 0. The maximum atomic E-state index is 12.7. The van der Waals surface area contributed by atoms with E-state index in [0.717, 1.165) is 6.42 Å². The Bertz CT molecular complexity index is 781. The highest BCUT2D eigenvalue weighted by Gasteiger charge is 2.39. The third-order valence-corrected chi connectivity index (χ3v) is 5.82. The highest BCUT2D eigenvalue weighted by atomic mass is 35.5. The van der Waals surface area contributed by atoms with Gasteiger partial charge in [-0.25, -0.2) is 0 Å². The number of likely N-dealkylation sites (tertiary alicyclic amines) is 1. The molecule has 1 amide bonds. The van der Waals surface area contributed by atoms with Crippen LogP contribution in [0.1, 0.15) is 18.4 Å². The van der Waals surface area contributed by atoms with E-state index in [-0.39, 0.29) is 29.3 Å². The monoisotopic (exact) mass is 386 g/mol. The van der Waals surface area contributed by atoms with E-state index in [4.69, 9.17) is 0 Å². The van der Waals surface area contributed by atoms with Crippen LogP contribution in [0.2, 0.25) is 0 Å². The first kappa shape index (κ1) is 19.7. The van der Waals surface area contributed by atoms with Crippen LogP contribution in [0, 0.1) is 0 Å². The number of halogens is 1. The lowest BCUT2D eigenvalue weighted by atomic mass is 10.1. The fraction of sp³-hybridized carbons (Fsp3) is 0.500. The SMILES string of the molecule is CNCCN(C)C(=O)C1CCCN1C1=NS(=O)(=O)c2ccccc21.Cl. The minimum atomic E-state index is -3.66. The number of hydrogen-bond acceptors (Lipinski definition) is 5. The molecule has 2 heterocycles. The summed E-state index contributed by atoms with van der Waals surface area (Å²) < 4.78 is 28.5. The maximum Gasteiger partial charge on any atom is 0.285 e. The summed E-state index contributed by atoms with van der Waals surface area (Å²) in [5.74, 6) is 0.413. The largest absolute Gasteiger partial charge is 0.343 e. The molecule has 0 spiro atoms. The number of likely N-dealkylation sites (N-methyl/N-ethyl adjacent to an activating group) is 2. The number of carbonyl (C=O) groups is 1. The molecule has 1 aromatic rings. The van der Waals surface area contributed by atoms with Crippen molar-refractivity contribution in [1.82, 2.24) is 15.1 Å². The third kappa shape index (κ3) is 3.65. The summed E-state index contributed by atoms with van der Waals surface area (Å²) in [6.07, 6.45) is 1.56. The Morgan fingerprint density at radius 1 is 1.40 bits per heavy atom. The van der Waals surface area contributed by atoms with Gasteiger partial charge in [-0.1, -0.05) is 12.1 Å². The van der Waals surface area contributed by atoms with Crippen LogP contribution in [-0.4, -0.2) is 69.7 Å². The number of nitrogens with one attached hydrogen (secondary N) is 1. The molecular weight excluding hydrogens is 364 g/mol. The molecule has 25 heavy (non-hydrogen) atoms. The molecule has 138 valence electrons. The van der Waals surface area contributed by atoms with Gasteiger partial charge in [0.05, 0.1) is 0 Å². The fourth-order valence-electron chi connectivity index (χ4n) is 3.22. The van der Waals surface area contributed by atoms with Crippen LogP contribution in [0.5, 0.6) is 0 Å². The number of rotatable bonds is 4. The molecule has 1 aromatic carbocycles. The van der Waals surface area contributed by atoms with E-state index in [1.165, 1.54) is 0 Å². The van der Waals surface area contributed by atoms with E-state index in [1.54, 1.807) is 36.2 Å². The number of benzene rings is 1. The molecule has 9 heteroatoms. The number of hydrogen-bond donors (Lipinski definition) is 1. The molecule has 0 aliphatic carbocycles. The van der Waals surface area contributed by atoms with Crippen molar-refractivity contribution in [3.8, 4) is 0 Å². The second kappa shape index (κ2) is 7.72. The fourth-order valence-corrected chi connectivity index (χ4v) is 4.43. The molecule has 0 saturated carbocycles. The van der Waals surface area contributed by atoms with Crippen molar-refractivity contribution in [3.63, 3.8) is 0 Å². The number of nitrogens with zero attached hydrogens (tertiary/aromatic N) is 3. The smallest absolute Gasteiger partial charge is 0.285 e. The molecule has 3 rings (SSSR count). The van der Waals surface area contributed by atoms with Gasteiger partial charge >= 0.3 is 0 Å². The average Bonchev–Trinajstić information content (AvgIpc) is 3.15. The summed E-state index contributed by atoms with van der Waals surface area (Å²) in [6, 6.07) is 6.44. The Morgan fingerprint density at radius 2 is 2.12 bits per heavy atom. The second-order valence-electron chi connectivity index (χ2n) is 6.10. The first-order chi connectivity index (χ1) is 11.5. The number of carbonyl (C=O) groups excluding carboxylic acids is 1. The zero-order valence-corrected chi connectivity index (χ0v) is 15.9. The highest BCUT2D eigenvalue weighted by Crippen LogP contribution is 2.31. The van der Waals surface area contributed by atoms with Gasteiger partial charge in [0.15, 0.2) is 5.84 Å². The van der Waals surface area contributed by atoms with E-state index >= 15 is 0 Å². The van der Waals surface area contributed by atoms with Gasteiger partial charge in [-0.2, -0.15) is 8.42 Å². The van der Waals surface area contributed by atoms with Crippen LogP contribution < -0.4 is 5.32 Å². The molecule has 1 atom stereocenters. The van der Waals surface area contributed by atoms with Gasteiger partial charge in [-0.05, 0) is 32.0 Å². The van der Waals surface area contributed by atoms with Crippen LogP contribution >= 0.6 is 12.4 Å². The molecule has 7 nitrogen and oxygen atoms in total. The normalized spacial score (nSPS) is 20.6. The van der Waals surface area contributed by atoms with Crippen LogP contribution in [0.4, 0.5) is 0 Å². The molecular formula is C16H23ClN4O3S. The van der Waals surface area contributed by atoms with Crippen molar-refractivity contribution in [2.45, 2.75) is 23.8 Å². The Kier molecular flexibility index (Phi) is 6.08. The standard InChI is InChI=1S/C16H22N4O3S.ClH/c1-17-9-11-19(2)16(21)13-7-5-10-20(13)15-12-6-3-4-8-14(12)24(22,23)18-15;/h3-4,6,8,13,17H,5,7,9-11H2,1-2H3;1H. The summed E-state index contributed by atoms with van der Waals surface area (Å²) in [5.41, 5.74) is 0.593. The van der Waals surface area contributed by atoms with E-state index < -0.39 is 10.0 Å². The quantitative estimate of drug-likeness (QED) is 0.823. The predicted molar refractivity (Wildman–Crippen MR) is 98.7 cm³/mol. The van der Waals surface area contributed by atoms with Crippen molar-refractivity contribution in [2.75, 3.05) is 33.7 Å². The number of fused-ring (bicyclic) bond motifs is 1. The lowest BCUT2D eigenvalue weighted by Crippen LogP contribution is -2.47. The molecule has 0 bridgehead atoms. The number of sulfonamides is 1. The van der Waals surface area contributed by atoms with Gasteiger partial charge in [0.25, 0.3) is 10.0 Å². The number of amides is 1. The minimum Gasteiger partial charge on any atom is -0.343 e. The zero-order valence-electron chi connectivity index (χ0n) is 14.3. The first-order valence-corrected chi connectivity index (χ1v) is 9.50. The highest BCUT2D eigenvalue weighted by molar-refractivity contribution is 7.90. The van der Waals surface area contributed by atoms with Crippen LogP contribution in [-0.2, 0) is 14.8 Å². The van der Waals surface area contributed by atoms with Crippen LogP contribution in [0.25, 0.3) is 0 Å². The van der Waals surface area contributed by atoms with Crippen molar-refractivity contribution >= 4 is 34.2 Å². The van der Waals surface area contributed by atoms with E-state index in [2.05, 4.69) is 9.71 Å². The molecule has 0 radical (unpaired) electrons. The predicted octanol–water partition coefficient (Wildman–Crippen LogP) is 0.700. The molecule has 2 aliphatic rings. The molecule has 1 unspecified atom stereocenters. The lowest BCUT2D eigenvalue weighted by Gasteiger charge is -2.29. The van der Waals surface area contributed by atoms with Gasteiger partial charge < -0.3 is 15.1 Å². The molecule has 1 saturated heterocycles. The molecule has 1 fully saturated rings. The first-order valence-electron chi connectivity index (χ1n) is 8.06. The van der Waals surface area contributed by atoms with Gasteiger partial charge in [-0.15, -0.1) is 16.8 Å². The van der Waals surface area contributed by atoms with Crippen molar-refractivity contribution < 1.29 is 13.2 Å². The third-order valence-electron chi connectivity index (χ3n) is 4.50. The van der Waals surface area contributed by atoms with Crippen molar-refractivity contribution in [3.05, 3.63) is 29.8 Å². The Hall–Kier alpha value is -1.64. The molecule has 2 aliphatic heterocycles. The summed E-state index contributed by atoms with van der Waals surface area (Å²) in [5, 5.41) is 3.02. The van der Waals surface area contributed by atoms with Gasteiger partial charge in [-0.3, -0.25) is 4.79 Å². The molecule has 1 N–H and O–H groups in total. The Labute approximate surface area is 154 Å². The van der Waals surface area contributed by atoms with Crippen LogP contribution in [0.15, 0.2) is 33.6 Å². The maximum absolute atomic E-state index is 12.7. The lowest BCUT2D eigenvalue weighted by molar-refractivity contribution is -0.133. The van der Waals surface area contributed by atoms with Crippen LogP contribution in [0.3, 0.4) is 0 Å². The van der Waals surface area contributed by atoms with Crippen molar-refractivity contribution in [1.29, 1.82) is 0 Å². The minimum absolute atomic E-state index is 0. The Balaban J connectivity index is 0.00000225. The van der Waals surface area contributed by atoms with Crippen molar-refractivity contribution in [2.24, 2.45) is 4.40 Å². The zero-order chi connectivity index (χ0) is 17.3.